The summed E-state index contributed by atoms with van der Waals surface area (Å²) >= 11 is 6.19. The van der Waals surface area contributed by atoms with Crippen molar-refractivity contribution in [3.8, 4) is 11.5 Å². The fourth-order valence-electron chi connectivity index (χ4n) is 4.28. The van der Waals surface area contributed by atoms with Crippen molar-refractivity contribution < 1.29 is 14.2 Å². The smallest absolute Gasteiger partial charge is 0.119 e. The van der Waals surface area contributed by atoms with Gasteiger partial charge in [-0.2, -0.15) is 0 Å². The first-order valence-corrected chi connectivity index (χ1v) is 12.2. The summed E-state index contributed by atoms with van der Waals surface area (Å²) in [7, 11) is 1.69. The van der Waals surface area contributed by atoms with E-state index in [0.29, 0.717) is 6.61 Å². The third-order valence-corrected chi connectivity index (χ3v) is 6.40. The molecule has 0 aromatic heterocycles. The fraction of sp³-hybridized carbons (Fsp3) is 0.310. The molecular weight excluding hydrogens is 446 g/mol. The van der Waals surface area contributed by atoms with Crippen molar-refractivity contribution in [1.29, 1.82) is 0 Å². The fourth-order valence-corrected chi connectivity index (χ4v) is 4.41. The zero-order chi connectivity index (χ0) is 23.8. The molecule has 0 N–H and O–H groups in total. The highest BCUT2D eigenvalue weighted by Crippen LogP contribution is 2.36. The van der Waals surface area contributed by atoms with Gasteiger partial charge in [0.05, 0.1) is 20.3 Å². The lowest BCUT2D eigenvalue weighted by Crippen LogP contribution is -2.38. The van der Waals surface area contributed by atoms with Gasteiger partial charge in [-0.1, -0.05) is 54.9 Å². The van der Waals surface area contributed by atoms with E-state index in [1.165, 1.54) is 16.7 Å². The van der Waals surface area contributed by atoms with Gasteiger partial charge in [-0.05, 0) is 70.7 Å². The maximum atomic E-state index is 6.19. The van der Waals surface area contributed by atoms with E-state index < -0.39 is 0 Å². The first-order chi connectivity index (χ1) is 16.7. The molecule has 178 valence electrons. The minimum atomic E-state index is 0.672. The van der Waals surface area contributed by atoms with Crippen molar-refractivity contribution >= 4 is 22.7 Å². The molecule has 1 fully saturated rings. The van der Waals surface area contributed by atoms with Gasteiger partial charge in [0, 0.05) is 24.7 Å². The minimum absolute atomic E-state index is 0.672. The summed E-state index contributed by atoms with van der Waals surface area (Å²) in [4.78, 5) is 2.38. The van der Waals surface area contributed by atoms with Gasteiger partial charge >= 0.3 is 0 Å². The number of hydrogen-bond acceptors (Lipinski definition) is 4. The summed E-state index contributed by atoms with van der Waals surface area (Å²) in [6, 6.07) is 24.7. The largest absolute Gasteiger partial charge is 0.497 e. The van der Waals surface area contributed by atoms with Crippen LogP contribution in [-0.2, 0) is 4.74 Å². The Morgan fingerprint density at radius 3 is 1.97 bits per heavy atom. The normalized spacial score (nSPS) is 15.0. The predicted molar refractivity (Wildman–Crippen MR) is 140 cm³/mol. The number of allylic oxidation sites excluding steroid dienone is 1. The van der Waals surface area contributed by atoms with E-state index >= 15 is 0 Å². The minimum Gasteiger partial charge on any atom is -0.497 e. The molecule has 0 atom stereocenters. The zero-order valence-corrected chi connectivity index (χ0v) is 20.7. The number of morpholine rings is 1. The maximum Gasteiger partial charge on any atom is 0.119 e. The standard InChI is InChI=1S/C29H32ClNO3/c1-3-28(22-6-12-26(32-2)13-7-22)29(23-4-10-25(30)11-5-23)24-8-14-27(15-9-24)34-21-18-31-16-19-33-20-17-31/h4-15H,3,16-21H2,1-2H3/b29-28+. The summed E-state index contributed by atoms with van der Waals surface area (Å²) in [6.45, 7) is 7.35. The quantitative estimate of drug-likeness (QED) is 0.332. The van der Waals surface area contributed by atoms with Crippen LogP contribution in [0.3, 0.4) is 0 Å². The van der Waals surface area contributed by atoms with Gasteiger partial charge in [-0.3, -0.25) is 4.90 Å². The molecule has 0 bridgehead atoms. The van der Waals surface area contributed by atoms with E-state index in [-0.39, 0.29) is 0 Å². The Kier molecular flexibility index (Phi) is 8.64. The van der Waals surface area contributed by atoms with E-state index in [2.05, 4.69) is 60.4 Å². The van der Waals surface area contributed by atoms with Gasteiger partial charge in [0.1, 0.15) is 18.1 Å². The Morgan fingerprint density at radius 2 is 1.38 bits per heavy atom. The average Bonchev–Trinajstić information content (AvgIpc) is 2.89. The van der Waals surface area contributed by atoms with Crippen molar-refractivity contribution in [2.75, 3.05) is 46.6 Å². The van der Waals surface area contributed by atoms with Crippen molar-refractivity contribution in [1.82, 2.24) is 4.90 Å². The van der Waals surface area contributed by atoms with Crippen LogP contribution in [0.4, 0.5) is 0 Å². The predicted octanol–water partition coefficient (Wildman–Crippen LogP) is 6.43. The molecule has 1 aliphatic rings. The third kappa shape index (κ3) is 6.20. The first-order valence-electron chi connectivity index (χ1n) is 11.8. The molecule has 0 spiro atoms. The molecule has 4 nitrogen and oxygen atoms in total. The van der Waals surface area contributed by atoms with E-state index in [1.807, 2.05) is 24.3 Å². The van der Waals surface area contributed by atoms with Gasteiger partial charge in [0.25, 0.3) is 0 Å². The number of ether oxygens (including phenoxy) is 3. The summed E-state index contributed by atoms with van der Waals surface area (Å²) in [5.74, 6) is 1.74. The zero-order valence-electron chi connectivity index (χ0n) is 19.9. The number of hydrogen-bond donors (Lipinski definition) is 0. The summed E-state index contributed by atoms with van der Waals surface area (Å²) < 4.78 is 16.8. The van der Waals surface area contributed by atoms with E-state index in [9.17, 15) is 0 Å². The molecule has 0 aliphatic carbocycles. The second kappa shape index (κ2) is 12.1. The lowest BCUT2D eigenvalue weighted by atomic mass is 9.88. The van der Waals surface area contributed by atoms with Crippen LogP contribution in [0.1, 0.15) is 30.0 Å². The highest BCUT2D eigenvalue weighted by atomic mass is 35.5. The van der Waals surface area contributed by atoms with Crippen LogP contribution in [0.5, 0.6) is 11.5 Å². The Labute approximate surface area is 207 Å². The van der Waals surface area contributed by atoms with Gasteiger partial charge in [-0.15, -0.1) is 0 Å². The van der Waals surface area contributed by atoms with Crippen molar-refractivity contribution in [2.24, 2.45) is 0 Å². The SMILES string of the molecule is CC/C(=C(/c1ccc(Cl)cc1)c1ccc(OCCN2CCOCC2)cc1)c1ccc(OC)cc1. The molecule has 0 unspecified atom stereocenters. The highest BCUT2D eigenvalue weighted by molar-refractivity contribution is 6.30. The summed E-state index contributed by atoms with van der Waals surface area (Å²) in [5, 5.41) is 0.731. The number of methoxy groups -OCH3 is 1. The van der Waals surface area contributed by atoms with E-state index in [4.69, 9.17) is 25.8 Å². The van der Waals surface area contributed by atoms with E-state index in [0.717, 1.165) is 66.9 Å². The van der Waals surface area contributed by atoms with Crippen molar-refractivity contribution in [2.45, 2.75) is 13.3 Å². The van der Waals surface area contributed by atoms with Crippen LogP contribution in [0, 0.1) is 0 Å². The Bertz CT molecular complexity index is 1070. The second-order valence-corrected chi connectivity index (χ2v) is 8.71. The summed E-state index contributed by atoms with van der Waals surface area (Å²) in [6.07, 6.45) is 0.891. The third-order valence-electron chi connectivity index (χ3n) is 6.15. The van der Waals surface area contributed by atoms with Crippen LogP contribution in [0.2, 0.25) is 5.02 Å². The van der Waals surface area contributed by atoms with Crippen LogP contribution >= 0.6 is 11.6 Å². The van der Waals surface area contributed by atoms with Crippen LogP contribution in [-0.4, -0.2) is 51.5 Å². The average molecular weight is 478 g/mol. The van der Waals surface area contributed by atoms with Crippen LogP contribution in [0.25, 0.3) is 11.1 Å². The van der Waals surface area contributed by atoms with Gasteiger partial charge in [0.2, 0.25) is 0 Å². The monoisotopic (exact) mass is 477 g/mol. The molecule has 1 aliphatic heterocycles. The van der Waals surface area contributed by atoms with Gasteiger partial charge in [0.15, 0.2) is 0 Å². The van der Waals surface area contributed by atoms with Gasteiger partial charge in [-0.25, -0.2) is 0 Å². The first kappa shape index (κ1) is 24.3. The summed E-state index contributed by atoms with van der Waals surface area (Å²) in [5.41, 5.74) is 5.93. The Morgan fingerprint density at radius 1 is 0.824 bits per heavy atom. The molecular formula is C29H32ClNO3. The molecule has 34 heavy (non-hydrogen) atoms. The molecule has 1 heterocycles. The van der Waals surface area contributed by atoms with E-state index in [1.54, 1.807) is 7.11 Å². The van der Waals surface area contributed by atoms with Crippen LogP contribution < -0.4 is 9.47 Å². The van der Waals surface area contributed by atoms with Crippen LogP contribution in [0.15, 0.2) is 72.8 Å². The molecule has 3 aromatic carbocycles. The molecule has 0 radical (unpaired) electrons. The molecule has 0 saturated carbocycles. The number of nitrogens with zero attached hydrogens (tertiary/aromatic N) is 1. The Balaban J connectivity index is 1.60. The molecule has 0 amide bonds. The second-order valence-electron chi connectivity index (χ2n) is 8.27. The number of rotatable bonds is 9. The highest BCUT2D eigenvalue weighted by Gasteiger charge is 2.14. The molecule has 4 rings (SSSR count). The Hall–Kier alpha value is -2.79. The lowest BCUT2D eigenvalue weighted by Gasteiger charge is -2.26. The van der Waals surface area contributed by atoms with Crippen molar-refractivity contribution in [3.05, 3.63) is 94.5 Å². The number of benzene rings is 3. The maximum absolute atomic E-state index is 6.19. The molecule has 1 saturated heterocycles. The topological polar surface area (TPSA) is 30.9 Å². The molecule has 5 heteroatoms. The number of halogens is 1. The van der Waals surface area contributed by atoms with Gasteiger partial charge < -0.3 is 14.2 Å². The lowest BCUT2D eigenvalue weighted by molar-refractivity contribution is 0.0322. The van der Waals surface area contributed by atoms with Crippen molar-refractivity contribution in [3.63, 3.8) is 0 Å². The molecule has 3 aromatic rings.